The number of carbonyl (C=O) groups excluding carboxylic acids is 1. The van der Waals surface area contributed by atoms with Crippen molar-refractivity contribution in [3.8, 4) is 0 Å². The van der Waals surface area contributed by atoms with Crippen molar-refractivity contribution in [2.75, 3.05) is 26.4 Å². The van der Waals surface area contributed by atoms with Crippen LogP contribution in [0.3, 0.4) is 0 Å². The fourth-order valence-electron chi connectivity index (χ4n) is 1.57. The van der Waals surface area contributed by atoms with E-state index < -0.39 is 17.5 Å². The second-order valence-corrected chi connectivity index (χ2v) is 4.82. The highest BCUT2D eigenvalue weighted by Crippen LogP contribution is 2.16. The molecule has 3 N–H and O–H groups in total. The smallest absolute Gasteiger partial charge is 0.254 e. The van der Waals surface area contributed by atoms with Gasteiger partial charge in [-0.3, -0.25) is 4.79 Å². The van der Waals surface area contributed by atoms with Gasteiger partial charge < -0.3 is 16.0 Å². The zero-order chi connectivity index (χ0) is 14.6. The molecule has 0 saturated heterocycles. The molecule has 0 aromatic heterocycles. The predicted molar refractivity (Wildman–Crippen MR) is 70.9 cm³/mol. The number of benzene rings is 1. The van der Waals surface area contributed by atoms with Gasteiger partial charge in [-0.15, -0.1) is 0 Å². The van der Waals surface area contributed by atoms with Gasteiger partial charge in [-0.05, 0) is 40.1 Å². The summed E-state index contributed by atoms with van der Waals surface area (Å²) in [4.78, 5) is 13.8. The van der Waals surface area contributed by atoms with Gasteiger partial charge in [0.2, 0.25) is 0 Å². The summed E-state index contributed by atoms with van der Waals surface area (Å²) < 4.78 is 26.5. The van der Waals surface area contributed by atoms with E-state index in [0.29, 0.717) is 6.07 Å². The fourth-order valence-corrected chi connectivity index (χ4v) is 1.57. The molecule has 0 saturated carbocycles. The first-order chi connectivity index (χ1) is 8.81. The first-order valence-electron chi connectivity index (χ1n) is 6.01. The van der Waals surface area contributed by atoms with E-state index in [1.165, 1.54) is 0 Å². The molecule has 1 atom stereocenters. The van der Waals surface area contributed by atoms with Crippen molar-refractivity contribution in [1.29, 1.82) is 0 Å². The Morgan fingerprint density at radius 2 is 2.00 bits per heavy atom. The Hall–Kier alpha value is -1.69. The standard InChI is InChI=1S/C13H19F2N3O/c1-8(4-5-18(2)3)17-13(19)9-6-12(16)11(15)7-10(9)14/h6-8H,4-5,16H2,1-3H3,(H,17,19). The maximum absolute atomic E-state index is 13.5. The van der Waals surface area contributed by atoms with Gasteiger partial charge in [-0.1, -0.05) is 0 Å². The second-order valence-electron chi connectivity index (χ2n) is 4.82. The minimum Gasteiger partial charge on any atom is -0.396 e. The highest BCUT2D eigenvalue weighted by atomic mass is 19.1. The number of nitrogen functional groups attached to an aromatic ring is 1. The molecule has 1 rings (SSSR count). The lowest BCUT2D eigenvalue weighted by atomic mass is 10.1. The number of rotatable bonds is 5. The molecule has 6 heteroatoms. The third-order valence-corrected chi connectivity index (χ3v) is 2.72. The first kappa shape index (κ1) is 15.4. The third kappa shape index (κ3) is 4.48. The van der Waals surface area contributed by atoms with Crippen LogP contribution in [0.5, 0.6) is 0 Å². The Kier molecular flexibility index (Phi) is 5.23. The summed E-state index contributed by atoms with van der Waals surface area (Å²) in [6.45, 7) is 2.63. The van der Waals surface area contributed by atoms with Crippen molar-refractivity contribution < 1.29 is 13.6 Å². The van der Waals surface area contributed by atoms with Crippen molar-refractivity contribution in [3.05, 3.63) is 29.3 Å². The largest absolute Gasteiger partial charge is 0.396 e. The summed E-state index contributed by atoms with van der Waals surface area (Å²) in [6, 6.07) is 1.52. The summed E-state index contributed by atoms with van der Waals surface area (Å²) >= 11 is 0. The van der Waals surface area contributed by atoms with Gasteiger partial charge in [0, 0.05) is 12.1 Å². The number of nitrogens with zero attached hydrogens (tertiary/aromatic N) is 1. The van der Waals surface area contributed by atoms with E-state index >= 15 is 0 Å². The molecule has 0 fully saturated rings. The second kappa shape index (κ2) is 6.47. The van der Waals surface area contributed by atoms with Crippen LogP contribution in [0.25, 0.3) is 0 Å². The van der Waals surface area contributed by atoms with Gasteiger partial charge in [0.15, 0.2) is 0 Å². The SMILES string of the molecule is CC(CCN(C)C)NC(=O)c1cc(N)c(F)cc1F. The average Bonchev–Trinajstić information content (AvgIpc) is 2.31. The summed E-state index contributed by atoms with van der Waals surface area (Å²) in [5.41, 5.74) is 4.84. The van der Waals surface area contributed by atoms with E-state index in [1.807, 2.05) is 25.9 Å². The molecule has 0 aliphatic heterocycles. The Balaban J connectivity index is 2.70. The predicted octanol–water partition coefficient (Wildman–Crippen LogP) is 1.62. The van der Waals surface area contributed by atoms with Crippen LogP contribution >= 0.6 is 0 Å². The van der Waals surface area contributed by atoms with Crippen molar-refractivity contribution >= 4 is 11.6 Å². The molecule has 19 heavy (non-hydrogen) atoms. The molecule has 1 amide bonds. The monoisotopic (exact) mass is 271 g/mol. The van der Waals surface area contributed by atoms with E-state index in [4.69, 9.17) is 5.73 Å². The zero-order valence-electron chi connectivity index (χ0n) is 11.3. The number of anilines is 1. The van der Waals surface area contributed by atoms with Crippen LogP contribution in [0.4, 0.5) is 14.5 Å². The molecule has 1 aromatic carbocycles. The minimum atomic E-state index is -0.913. The molecule has 1 unspecified atom stereocenters. The van der Waals surface area contributed by atoms with Crippen LogP contribution in [0.1, 0.15) is 23.7 Å². The van der Waals surface area contributed by atoms with Crippen molar-refractivity contribution in [1.82, 2.24) is 10.2 Å². The molecular weight excluding hydrogens is 252 g/mol. The first-order valence-corrected chi connectivity index (χ1v) is 6.01. The van der Waals surface area contributed by atoms with Gasteiger partial charge in [-0.2, -0.15) is 0 Å². The van der Waals surface area contributed by atoms with Crippen molar-refractivity contribution in [2.24, 2.45) is 0 Å². The highest BCUT2D eigenvalue weighted by molar-refractivity contribution is 5.95. The van der Waals surface area contributed by atoms with Crippen molar-refractivity contribution in [2.45, 2.75) is 19.4 Å². The lowest BCUT2D eigenvalue weighted by Crippen LogP contribution is -2.35. The molecular formula is C13H19F2N3O. The van der Waals surface area contributed by atoms with E-state index in [-0.39, 0.29) is 17.3 Å². The maximum atomic E-state index is 13.5. The van der Waals surface area contributed by atoms with Crippen molar-refractivity contribution in [3.63, 3.8) is 0 Å². The number of hydrogen-bond acceptors (Lipinski definition) is 3. The lowest BCUT2D eigenvalue weighted by Gasteiger charge is -2.17. The summed E-state index contributed by atoms with van der Waals surface area (Å²) in [7, 11) is 3.85. The van der Waals surface area contributed by atoms with Gasteiger partial charge in [0.25, 0.3) is 5.91 Å². The van der Waals surface area contributed by atoms with E-state index in [9.17, 15) is 13.6 Å². The van der Waals surface area contributed by atoms with Crippen LogP contribution in [0.15, 0.2) is 12.1 Å². The topological polar surface area (TPSA) is 58.4 Å². The Labute approximate surface area is 111 Å². The molecule has 4 nitrogen and oxygen atoms in total. The Morgan fingerprint density at radius 3 is 2.58 bits per heavy atom. The number of nitrogens with one attached hydrogen (secondary N) is 1. The van der Waals surface area contributed by atoms with Crippen LogP contribution in [-0.4, -0.2) is 37.5 Å². The summed E-state index contributed by atoms with van der Waals surface area (Å²) in [6.07, 6.45) is 0.733. The number of nitrogens with two attached hydrogens (primary N) is 1. The molecule has 0 radical (unpaired) electrons. The molecule has 1 aromatic rings. The lowest BCUT2D eigenvalue weighted by molar-refractivity contribution is 0.0932. The van der Waals surface area contributed by atoms with Crippen LogP contribution in [0.2, 0.25) is 0 Å². The molecule has 0 aliphatic rings. The zero-order valence-corrected chi connectivity index (χ0v) is 11.3. The maximum Gasteiger partial charge on any atom is 0.254 e. The van der Waals surface area contributed by atoms with Gasteiger partial charge in [0.05, 0.1) is 11.3 Å². The number of carbonyl (C=O) groups is 1. The van der Waals surface area contributed by atoms with Crippen LogP contribution in [0, 0.1) is 11.6 Å². The van der Waals surface area contributed by atoms with Gasteiger partial charge in [0.1, 0.15) is 11.6 Å². The number of hydrogen-bond donors (Lipinski definition) is 2. The molecule has 106 valence electrons. The summed E-state index contributed by atoms with van der Waals surface area (Å²) in [5, 5.41) is 2.66. The fraction of sp³-hybridized carbons (Fsp3) is 0.462. The van der Waals surface area contributed by atoms with E-state index in [1.54, 1.807) is 0 Å². The third-order valence-electron chi connectivity index (χ3n) is 2.72. The molecule has 0 spiro atoms. The Morgan fingerprint density at radius 1 is 1.37 bits per heavy atom. The molecule has 0 aliphatic carbocycles. The average molecular weight is 271 g/mol. The van der Waals surface area contributed by atoms with E-state index in [2.05, 4.69) is 5.32 Å². The molecule has 0 bridgehead atoms. The highest BCUT2D eigenvalue weighted by Gasteiger charge is 2.16. The van der Waals surface area contributed by atoms with Gasteiger partial charge >= 0.3 is 0 Å². The Bertz CT molecular complexity index is 463. The molecule has 0 heterocycles. The quantitative estimate of drug-likeness (QED) is 0.800. The summed E-state index contributed by atoms with van der Waals surface area (Å²) in [5.74, 6) is -2.37. The van der Waals surface area contributed by atoms with Gasteiger partial charge in [-0.25, -0.2) is 8.78 Å². The van der Waals surface area contributed by atoms with Crippen LogP contribution < -0.4 is 11.1 Å². The van der Waals surface area contributed by atoms with Crippen LogP contribution in [-0.2, 0) is 0 Å². The number of amides is 1. The normalized spacial score (nSPS) is 12.5. The number of halogens is 2. The van der Waals surface area contributed by atoms with E-state index in [0.717, 1.165) is 19.0 Å². The minimum absolute atomic E-state index is 0.111.